The highest BCUT2D eigenvalue weighted by molar-refractivity contribution is 6.04. The maximum absolute atomic E-state index is 12.3. The average molecular weight is 356 g/mol. The molecular weight excluding hydrogens is 336 g/mol. The van der Waals surface area contributed by atoms with E-state index in [0.717, 1.165) is 0 Å². The van der Waals surface area contributed by atoms with Crippen LogP contribution in [0.4, 0.5) is 5.69 Å². The van der Waals surface area contributed by atoms with Crippen molar-refractivity contribution in [1.82, 2.24) is 4.98 Å². The second-order valence-corrected chi connectivity index (χ2v) is 5.94. The van der Waals surface area contributed by atoms with Crippen LogP contribution in [0.1, 0.15) is 56.3 Å². The van der Waals surface area contributed by atoms with Gasteiger partial charge in [0.15, 0.2) is 12.4 Å². The van der Waals surface area contributed by atoms with Crippen LogP contribution in [0.25, 0.3) is 0 Å². The fraction of sp³-hybridized carbons (Fsp3) is 0.263. The molecule has 7 nitrogen and oxygen atoms in total. The zero-order chi connectivity index (χ0) is 19.4. The number of hydrogen-bond donors (Lipinski definition) is 2. The van der Waals surface area contributed by atoms with Crippen LogP contribution in [0, 0.1) is 13.8 Å². The minimum absolute atomic E-state index is 0.133. The molecule has 0 aliphatic rings. The van der Waals surface area contributed by atoms with Gasteiger partial charge in [0.05, 0.1) is 11.3 Å². The number of amides is 1. The summed E-state index contributed by atoms with van der Waals surface area (Å²) < 4.78 is 5.05. The number of rotatable bonds is 6. The third-order valence-corrected chi connectivity index (χ3v) is 3.84. The minimum Gasteiger partial charge on any atom is -0.454 e. The van der Waals surface area contributed by atoms with Crippen molar-refractivity contribution >= 4 is 29.1 Å². The first-order valence-electron chi connectivity index (χ1n) is 7.98. The lowest BCUT2D eigenvalue weighted by Crippen LogP contribution is -2.15. The number of benzene rings is 1. The smallest absolute Gasteiger partial charge is 0.338 e. The molecule has 0 spiro atoms. The van der Waals surface area contributed by atoms with E-state index < -0.39 is 18.4 Å². The van der Waals surface area contributed by atoms with Gasteiger partial charge in [-0.05, 0) is 50.6 Å². The minimum atomic E-state index is -0.652. The van der Waals surface area contributed by atoms with E-state index in [1.165, 1.54) is 26.0 Å². The molecule has 1 aromatic carbocycles. The molecule has 1 heterocycles. The van der Waals surface area contributed by atoms with Gasteiger partial charge in [0.2, 0.25) is 11.7 Å². The maximum Gasteiger partial charge on any atom is 0.338 e. The van der Waals surface area contributed by atoms with E-state index >= 15 is 0 Å². The van der Waals surface area contributed by atoms with Gasteiger partial charge in [0.1, 0.15) is 0 Å². The van der Waals surface area contributed by atoms with Crippen LogP contribution in [0.3, 0.4) is 0 Å². The number of H-pyrrole nitrogens is 1. The normalized spacial score (nSPS) is 10.3. The van der Waals surface area contributed by atoms with Gasteiger partial charge in [-0.1, -0.05) is 0 Å². The molecule has 0 fully saturated rings. The van der Waals surface area contributed by atoms with Crippen molar-refractivity contribution in [3.8, 4) is 0 Å². The molecule has 1 amide bonds. The molecule has 2 rings (SSSR count). The number of esters is 1. The Labute approximate surface area is 150 Å². The number of aromatic nitrogens is 1. The van der Waals surface area contributed by atoms with Crippen molar-refractivity contribution < 1.29 is 23.9 Å². The zero-order valence-corrected chi connectivity index (χ0v) is 15.1. The Morgan fingerprint density at radius 1 is 1.04 bits per heavy atom. The van der Waals surface area contributed by atoms with E-state index in [-0.39, 0.29) is 22.9 Å². The molecule has 0 atom stereocenters. The third-order valence-electron chi connectivity index (χ3n) is 3.84. The van der Waals surface area contributed by atoms with E-state index in [0.29, 0.717) is 22.5 Å². The van der Waals surface area contributed by atoms with Gasteiger partial charge in [-0.25, -0.2) is 4.79 Å². The lowest BCUT2D eigenvalue weighted by atomic mass is 10.1. The SMILES string of the molecule is CC(=O)Nc1ccc(C(=O)OCC(=O)c2[nH]c(C)c(C(C)=O)c2C)cc1. The molecule has 2 aromatic rings. The first-order valence-corrected chi connectivity index (χ1v) is 7.98. The number of aryl methyl sites for hydroxylation is 1. The van der Waals surface area contributed by atoms with Crippen molar-refractivity contribution in [2.45, 2.75) is 27.7 Å². The average Bonchev–Trinajstić information content (AvgIpc) is 2.87. The largest absolute Gasteiger partial charge is 0.454 e. The molecule has 0 radical (unpaired) electrons. The van der Waals surface area contributed by atoms with Crippen LogP contribution in [0.2, 0.25) is 0 Å². The number of aromatic amines is 1. The standard InChI is InChI=1S/C19H20N2O5/c1-10-17(12(3)22)11(2)20-18(10)16(24)9-26-19(25)14-5-7-15(8-6-14)21-13(4)23/h5-8,20H,9H2,1-4H3,(H,21,23). The number of Topliss-reactive ketones (excluding diaryl/α,β-unsaturated/α-hetero) is 2. The van der Waals surface area contributed by atoms with Crippen LogP contribution < -0.4 is 5.32 Å². The topological polar surface area (TPSA) is 105 Å². The van der Waals surface area contributed by atoms with Crippen molar-refractivity contribution in [1.29, 1.82) is 0 Å². The van der Waals surface area contributed by atoms with E-state index in [1.54, 1.807) is 26.0 Å². The molecule has 0 unspecified atom stereocenters. The molecule has 0 bridgehead atoms. The predicted octanol–water partition coefficient (Wildman–Crippen LogP) is 2.83. The third kappa shape index (κ3) is 4.24. The van der Waals surface area contributed by atoms with Gasteiger partial charge >= 0.3 is 5.97 Å². The van der Waals surface area contributed by atoms with E-state index in [1.807, 2.05) is 0 Å². The highest BCUT2D eigenvalue weighted by Gasteiger charge is 2.21. The second-order valence-electron chi connectivity index (χ2n) is 5.94. The summed E-state index contributed by atoms with van der Waals surface area (Å²) in [6.45, 7) is 5.77. The lowest BCUT2D eigenvalue weighted by Gasteiger charge is -2.06. The summed E-state index contributed by atoms with van der Waals surface area (Å²) >= 11 is 0. The molecule has 26 heavy (non-hydrogen) atoms. The van der Waals surface area contributed by atoms with Gasteiger partial charge in [0.25, 0.3) is 0 Å². The Balaban J connectivity index is 2.03. The molecule has 1 aromatic heterocycles. The van der Waals surface area contributed by atoms with E-state index in [4.69, 9.17) is 4.74 Å². The van der Waals surface area contributed by atoms with Gasteiger partial charge in [0, 0.05) is 23.9 Å². The van der Waals surface area contributed by atoms with Gasteiger partial charge in [-0.15, -0.1) is 0 Å². The molecule has 0 saturated carbocycles. The summed E-state index contributed by atoms with van der Waals surface area (Å²) in [7, 11) is 0. The van der Waals surface area contributed by atoms with Crippen LogP contribution in [0.5, 0.6) is 0 Å². The zero-order valence-electron chi connectivity index (χ0n) is 15.1. The van der Waals surface area contributed by atoms with Crippen molar-refractivity contribution in [2.24, 2.45) is 0 Å². The Morgan fingerprint density at radius 2 is 1.65 bits per heavy atom. The summed E-state index contributed by atoms with van der Waals surface area (Å²) in [4.78, 5) is 49.8. The van der Waals surface area contributed by atoms with Crippen molar-refractivity contribution in [3.05, 3.63) is 52.3 Å². The number of carbonyl (C=O) groups excluding carboxylic acids is 4. The van der Waals surface area contributed by atoms with E-state index in [2.05, 4.69) is 10.3 Å². The van der Waals surface area contributed by atoms with E-state index in [9.17, 15) is 19.2 Å². The Morgan fingerprint density at radius 3 is 2.15 bits per heavy atom. The maximum atomic E-state index is 12.3. The number of carbonyl (C=O) groups is 4. The molecule has 2 N–H and O–H groups in total. The number of hydrogen-bond acceptors (Lipinski definition) is 5. The number of ketones is 2. The molecule has 136 valence electrons. The number of ether oxygens (including phenoxy) is 1. The van der Waals surface area contributed by atoms with Crippen LogP contribution in [-0.2, 0) is 9.53 Å². The van der Waals surface area contributed by atoms with Crippen LogP contribution in [-0.4, -0.2) is 35.0 Å². The highest BCUT2D eigenvalue weighted by atomic mass is 16.5. The van der Waals surface area contributed by atoms with Gasteiger partial charge in [-0.2, -0.15) is 0 Å². The summed E-state index contributed by atoms with van der Waals surface area (Å²) in [6, 6.07) is 6.13. The Kier molecular flexibility index (Phi) is 5.71. The summed E-state index contributed by atoms with van der Waals surface area (Å²) in [5.41, 5.74) is 2.72. The van der Waals surface area contributed by atoms with Crippen molar-refractivity contribution in [2.75, 3.05) is 11.9 Å². The van der Waals surface area contributed by atoms with Gasteiger partial charge in [-0.3, -0.25) is 14.4 Å². The molecular formula is C19H20N2O5. The summed E-state index contributed by atoms with van der Waals surface area (Å²) in [5, 5.41) is 2.59. The Hall–Kier alpha value is -3.22. The highest BCUT2D eigenvalue weighted by Crippen LogP contribution is 2.19. The first-order chi connectivity index (χ1) is 12.2. The second kappa shape index (κ2) is 7.77. The predicted molar refractivity (Wildman–Crippen MR) is 95.6 cm³/mol. The molecule has 7 heteroatoms. The van der Waals surface area contributed by atoms with Crippen LogP contribution >= 0.6 is 0 Å². The molecule has 0 aliphatic heterocycles. The van der Waals surface area contributed by atoms with Gasteiger partial charge < -0.3 is 15.0 Å². The summed E-state index contributed by atoms with van der Waals surface area (Å²) in [6.07, 6.45) is 0. The quantitative estimate of drug-likeness (QED) is 0.611. The Bertz CT molecular complexity index is 878. The van der Waals surface area contributed by atoms with Crippen molar-refractivity contribution in [3.63, 3.8) is 0 Å². The fourth-order valence-electron chi connectivity index (χ4n) is 2.74. The number of anilines is 1. The number of nitrogens with one attached hydrogen (secondary N) is 2. The van der Waals surface area contributed by atoms with Crippen LogP contribution in [0.15, 0.2) is 24.3 Å². The lowest BCUT2D eigenvalue weighted by molar-refractivity contribution is -0.114. The monoisotopic (exact) mass is 356 g/mol. The fourth-order valence-corrected chi connectivity index (χ4v) is 2.74. The first kappa shape index (κ1) is 19.1. The summed E-state index contributed by atoms with van der Waals surface area (Å²) in [5.74, 6) is -1.42. The molecule has 0 saturated heterocycles. The molecule has 0 aliphatic carbocycles.